The highest BCUT2D eigenvalue weighted by Crippen LogP contribution is 2.18. The van der Waals surface area contributed by atoms with Gasteiger partial charge in [-0.1, -0.05) is 52.0 Å². The summed E-state index contributed by atoms with van der Waals surface area (Å²) in [6.45, 7) is 12.0. The van der Waals surface area contributed by atoms with Crippen molar-refractivity contribution in [1.29, 1.82) is 0 Å². The van der Waals surface area contributed by atoms with Crippen molar-refractivity contribution in [2.75, 3.05) is 19.6 Å². The molecule has 108 valence electrons. The second-order valence-electron chi connectivity index (χ2n) is 5.66. The van der Waals surface area contributed by atoms with Gasteiger partial charge in [-0.15, -0.1) is 0 Å². The van der Waals surface area contributed by atoms with Crippen molar-refractivity contribution in [1.82, 2.24) is 10.6 Å². The third-order valence-corrected chi connectivity index (χ3v) is 3.61. The van der Waals surface area contributed by atoms with Crippen LogP contribution < -0.4 is 10.6 Å². The van der Waals surface area contributed by atoms with Crippen LogP contribution in [0.25, 0.3) is 0 Å². The molecular weight excluding hydrogens is 232 g/mol. The molecule has 0 saturated carbocycles. The van der Waals surface area contributed by atoms with Crippen molar-refractivity contribution in [2.24, 2.45) is 0 Å². The van der Waals surface area contributed by atoms with E-state index in [0.29, 0.717) is 12.0 Å². The quantitative estimate of drug-likeness (QED) is 0.667. The molecule has 1 aromatic rings. The Bertz CT molecular complexity index is 330. The van der Waals surface area contributed by atoms with Crippen LogP contribution >= 0.6 is 0 Å². The summed E-state index contributed by atoms with van der Waals surface area (Å²) in [5.41, 5.74) is 2.89. The Morgan fingerprint density at radius 2 is 1.63 bits per heavy atom. The molecule has 0 heterocycles. The monoisotopic (exact) mass is 262 g/mol. The maximum absolute atomic E-state index is 3.48. The minimum absolute atomic E-state index is 0.579. The molecule has 0 aromatic heterocycles. The summed E-state index contributed by atoms with van der Waals surface area (Å²) in [6, 6.07) is 9.69. The molecule has 1 unspecified atom stereocenters. The standard InChI is InChI=1S/C17H30N2/c1-5-15(4)17-8-6-16(7-9-17)10-11-18-12-13-19-14(2)3/h6-9,14-15,18-19H,5,10-13H2,1-4H3. The molecule has 0 amide bonds. The second-order valence-corrected chi connectivity index (χ2v) is 5.66. The van der Waals surface area contributed by atoms with Gasteiger partial charge < -0.3 is 10.6 Å². The zero-order chi connectivity index (χ0) is 14.1. The van der Waals surface area contributed by atoms with Gasteiger partial charge in [-0.05, 0) is 36.4 Å². The smallest absolute Gasteiger partial charge is 0.00790 e. The van der Waals surface area contributed by atoms with E-state index in [9.17, 15) is 0 Å². The van der Waals surface area contributed by atoms with Crippen molar-refractivity contribution in [3.05, 3.63) is 35.4 Å². The molecular formula is C17H30N2. The number of benzene rings is 1. The predicted molar refractivity (Wildman–Crippen MR) is 84.9 cm³/mol. The van der Waals surface area contributed by atoms with Crippen LogP contribution in [0.2, 0.25) is 0 Å². The predicted octanol–water partition coefficient (Wildman–Crippen LogP) is 3.33. The number of nitrogens with one attached hydrogen (secondary N) is 2. The largest absolute Gasteiger partial charge is 0.315 e. The Hall–Kier alpha value is -0.860. The van der Waals surface area contributed by atoms with Crippen LogP contribution in [-0.4, -0.2) is 25.7 Å². The summed E-state index contributed by atoms with van der Waals surface area (Å²) < 4.78 is 0. The third kappa shape index (κ3) is 6.74. The molecule has 2 N–H and O–H groups in total. The van der Waals surface area contributed by atoms with Gasteiger partial charge in [-0.3, -0.25) is 0 Å². The summed E-state index contributed by atoms with van der Waals surface area (Å²) in [5.74, 6) is 0.675. The molecule has 0 radical (unpaired) electrons. The first-order chi connectivity index (χ1) is 9.13. The first-order valence-electron chi connectivity index (χ1n) is 7.66. The lowest BCUT2D eigenvalue weighted by Gasteiger charge is -2.11. The molecule has 19 heavy (non-hydrogen) atoms. The molecule has 1 atom stereocenters. The SMILES string of the molecule is CCC(C)c1ccc(CCNCCNC(C)C)cc1. The van der Waals surface area contributed by atoms with E-state index in [4.69, 9.17) is 0 Å². The molecule has 2 nitrogen and oxygen atoms in total. The minimum atomic E-state index is 0.579. The van der Waals surface area contributed by atoms with Gasteiger partial charge in [0.2, 0.25) is 0 Å². The first-order valence-corrected chi connectivity index (χ1v) is 7.66. The van der Waals surface area contributed by atoms with E-state index < -0.39 is 0 Å². The van der Waals surface area contributed by atoms with Gasteiger partial charge in [0.05, 0.1) is 0 Å². The molecule has 0 spiro atoms. The van der Waals surface area contributed by atoms with Gasteiger partial charge >= 0.3 is 0 Å². The molecule has 0 saturated heterocycles. The highest BCUT2D eigenvalue weighted by molar-refractivity contribution is 5.25. The lowest BCUT2D eigenvalue weighted by atomic mass is 9.97. The van der Waals surface area contributed by atoms with Crippen molar-refractivity contribution in [3.8, 4) is 0 Å². The Labute approximate surface area is 119 Å². The van der Waals surface area contributed by atoms with Gasteiger partial charge in [-0.2, -0.15) is 0 Å². The zero-order valence-electron chi connectivity index (χ0n) is 13.0. The van der Waals surface area contributed by atoms with Crippen molar-refractivity contribution in [3.63, 3.8) is 0 Å². The average Bonchev–Trinajstić information content (AvgIpc) is 2.42. The van der Waals surface area contributed by atoms with E-state index in [-0.39, 0.29) is 0 Å². The fourth-order valence-electron chi connectivity index (χ4n) is 2.06. The molecule has 1 aromatic carbocycles. The lowest BCUT2D eigenvalue weighted by molar-refractivity contribution is 0.556. The fourth-order valence-corrected chi connectivity index (χ4v) is 2.06. The molecule has 0 aliphatic rings. The molecule has 0 fully saturated rings. The highest BCUT2D eigenvalue weighted by Gasteiger charge is 2.02. The van der Waals surface area contributed by atoms with E-state index in [0.717, 1.165) is 26.1 Å². The van der Waals surface area contributed by atoms with E-state index in [1.54, 1.807) is 0 Å². The van der Waals surface area contributed by atoms with Crippen LogP contribution in [0.4, 0.5) is 0 Å². The van der Waals surface area contributed by atoms with Crippen LogP contribution in [0.3, 0.4) is 0 Å². The summed E-state index contributed by atoms with van der Waals surface area (Å²) in [6.07, 6.45) is 2.33. The summed E-state index contributed by atoms with van der Waals surface area (Å²) in [5, 5.41) is 6.88. The molecule has 0 aliphatic heterocycles. The molecule has 0 aliphatic carbocycles. The normalized spacial score (nSPS) is 12.9. The fraction of sp³-hybridized carbons (Fsp3) is 0.647. The number of rotatable bonds is 9. The molecule has 2 heteroatoms. The van der Waals surface area contributed by atoms with Gasteiger partial charge in [0.25, 0.3) is 0 Å². The summed E-state index contributed by atoms with van der Waals surface area (Å²) in [4.78, 5) is 0. The number of hydrogen-bond donors (Lipinski definition) is 2. The highest BCUT2D eigenvalue weighted by atomic mass is 14.9. The van der Waals surface area contributed by atoms with E-state index in [2.05, 4.69) is 62.6 Å². The van der Waals surface area contributed by atoms with Crippen molar-refractivity contribution < 1.29 is 0 Å². The van der Waals surface area contributed by atoms with Crippen LogP contribution in [0.1, 0.15) is 51.2 Å². The van der Waals surface area contributed by atoms with Gasteiger partial charge in [0.1, 0.15) is 0 Å². The average molecular weight is 262 g/mol. The lowest BCUT2D eigenvalue weighted by Crippen LogP contribution is -2.32. The van der Waals surface area contributed by atoms with Crippen LogP contribution in [0, 0.1) is 0 Å². The maximum Gasteiger partial charge on any atom is 0.00790 e. The third-order valence-electron chi connectivity index (χ3n) is 3.61. The summed E-state index contributed by atoms with van der Waals surface area (Å²) >= 11 is 0. The summed E-state index contributed by atoms with van der Waals surface area (Å²) in [7, 11) is 0. The Kier molecular flexibility index (Phi) is 7.76. The second kappa shape index (κ2) is 9.11. The van der Waals surface area contributed by atoms with E-state index in [1.807, 2.05) is 0 Å². The zero-order valence-corrected chi connectivity index (χ0v) is 13.0. The molecule has 0 bridgehead atoms. The van der Waals surface area contributed by atoms with Crippen LogP contribution in [0.5, 0.6) is 0 Å². The first kappa shape index (κ1) is 16.2. The van der Waals surface area contributed by atoms with Gasteiger partial charge in [0, 0.05) is 19.1 Å². The van der Waals surface area contributed by atoms with Gasteiger partial charge in [0.15, 0.2) is 0 Å². The van der Waals surface area contributed by atoms with Gasteiger partial charge in [-0.25, -0.2) is 0 Å². The topological polar surface area (TPSA) is 24.1 Å². The van der Waals surface area contributed by atoms with Crippen molar-refractivity contribution >= 4 is 0 Å². The van der Waals surface area contributed by atoms with Crippen LogP contribution in [-0.2, 0) is 6.42 Å². The Balaban J connectivity index is 2.19. The van der Waals surface area contributed by atoms with E-state index in [1.165, 1.54) is 17.5 Å². The number of hydrogen-bond acceptors (Lipinski definition) is 2. The Morgan fingerprint density at radius 1 is 0.947 bits per heavy atom. The van der Waals surface area contributed by atoms with E-state index >= 15 is 0 Å². The maximum atomic E-state index is 3.48. The minimum Gasteiger partial charge on any atom is -0.315 e. The van der Waals surface area contributed by atoms with Crippen molar-refractivity contribution in [2.45, 2.75) is 52.5 Å². The van der Waals surface area contributed by atoms with Crippen LogP contribution in [0.15, 0.2) is 24.3 Å². The molecule has 1 rings (SSSR count). The Morgan fingerprint density at radius 3 is 2.21 bits per heavy atom.